The van der Waals surface area contributed by atoms with E-state index in [1.165, 1.54) is 26.0 Å². The molecule has 0 unspecified atom stereocenters. The molecule has 1 saturated heterocycles. The number of carbonyl (C=O) groups is 1. The Kier molecular flexibility index (Phi) is 6.89. The van der Waals surface area contributed by atoms with E-state index in [9.17, 15) is 18.0 Å². The summed E-state index contributed by atoms with van der Waals surface area (Å²) < 4.78 is 45.1. The van der Waals surface area contributed by atoms with E-state index in [-0.39, 0.29) is 12.1 Å². The minimum atomic E-state index is -4.20. The van der Waals surface area contributed by atoms with Gasteiger partial charge >= 0.3 is 12.1 Å². The number of alkyl halides is 3. The first-order valence-electron chi connectivity index (χ1n) is 10.3. The molecule has 1 N–H and O–H groups in total. The summed E-state index contributed by atoms with van der Waals surface area (Å²) in [6.07, 6.45) is -0.976. The number of ether oxygens (including phenoxy) is 1. The molecule has 5 nitrogen and oxygen atoms in total. The van der Waals surface area contributed by atoms with Gasteiger partial charge in [0.25, 0.3) is 0 Å². The highest BCUT2D eigenvalue weighted by molar-refractivity contribution is 5.88. The van der Waals surface area contributed by atoms with Gasteiger partial charge in [0.15, 0.2) is 0 Å². The number of hydrogen-bond donors (Lipinski definition) is 1. The van der Waals surface area contributed by atoms with Crippen LogP contribution in [0.15, 0.2) is 42.6 Å². The van der Waals surface area contributed by atoms with Gasteiger partial charge in [-0.3, -0.25) is 4.98 Å². The average molecular weight is 436 g/mol. The fourth-order valence-corrected chi connectivity index (χ4v) is 3.59. The first-order chi connectivity index (χ1) is 14.5. The summed E-state index contributed by atoms with van der Waals surface area (Å²) in [6.45, 7) is 4.29. The highest BCUT2D eigenvalue weighted by Gasteiger charge is 2.48. The van der Waals surface area contributed by atoms with E-state index in [1.807, 2.05) is 17.0 Å². The zero-order valence-corrected chi connectivity index (χ0v) is 17.7. The zero-order chi connectivity index (χ0) is 22.6. The van der Waals surface area contributed by atoms with Crippen molar-refractivity contribution >= 4 is 5.97 Å². The van der Waals surface area contributed by atoms with Crippen molar-refractivity contribution in [1.82, 2.24) is 9.88 Å². The van der Waals surface area contributed by atoms with E-state index in [1.54, 1.807) is 18.3 Å². The van der Waals surface area contributed by atoms with Gasteiger partial charge in [-0.2, -0.15) is 13.2 Å². The van der Waals surface area contributed by atoms with Crippen LogP contribution in [0.1, 0.15) is 37.0 Å². The third-order valence-electron chi connectivity index (χ3n) is 5.74. The Balaban J connectivity index is 1.46. The summed E-state index contributed by atoms with van der Waals surface area (Å²) in [5.74, 6) is -0.0433. The lowest BCUT2D eigenvalue weighted by molar-refractivity contribution is -0.217. The second-order valence-corrected chi connectivity index (χ2v) is 8.67. The number of carboxylic acids is 1. The first kappa shape index (κ1) is 23.1. The number of aromatic carboxylic acids is 1. The fraction of sp³-hybridized carbons (Fsp3) is 0.478. The van der Waals surface area contributed by atoms with Crippen LogP contribution in [-0.2, 0) is 0 Å². The molecule has 0 spiro atoms. The summed E-state index contributed by atoms with van der Waals surface area (Å²) >= 11 is 0. The smallest absolute Gasteiger partial charge is 0.395 e. The van der Waals surface area contributed by atoms with Crippen molar-refractivity contribution < 1.29 is 27.8 Å². The van der Waals surface area contributed by atoms with E-state index < -0.39 is 17.6 Å². The van der Waals surface area contributed by atoms with Gasteiger partial charge in [0.2, 0.25) is 0 Å². The van der Waals surface area contributed by atoms with Crippen LogP contribution in [0.4, 0.5) is 13.2 Å². The molecule has 1 aromatic heterocycles. The lowest BCUT2D eigenvalue weighted by atomic mass is 9.89. The maximum absolute atomic E-state index is 13.1. The lowest BCUT2D eigenvalue weighted by Crippen LogP contribution is -2.46. The zero-order valence-electron chi connectivity index (χ0n) is 17.7. The molecule has 1 aromatic carbocycles. The molecule has 0 saturated carbocycles. The largest absolute Gasteiger partial charge is 0.492 e. The number of aromatic nitrogens is 1. The number of pyridine rings is 1. The average Bonchev–Trinajstić information content (AvgIpc) is 2.73. The molecule has 1 aliphatic heterocycles. The molecule has 0 amide bonds. The third-order valence-corrected chi connectivity index (χ3v) is 5.74. The quantitative estimate of drug-likeness (QED) is 0.652. The molecule has 168 valence electrons. The molecule has 0 radical (unpaired) electrons. The van der Waals surface area contributed by atoms with E-state index in [0.717, 1.165) is 18.4 Å². The number of carboxylic acid groups (broad SMARTS) is 1. The van der Waals surface area contributed by atoms with Crippen molar-refractivity contribution in [3.05, 3.63) is 48.2 Å². The monoisotopic (exact) mass is 436 g/mol. The minimum absolute atomic E-state index is 0.0168. The minimum Gasteiger partial charge on any atom is -0.492 e. The Bertz CT molecular complexity index is 872. The Labute approximate surface area is 179 Å². The standard InChI is InChI=1S/C23H27F3N2O3/c1-22(2,23(24,25)26)15-28-11-9-16(10-12-28)14-31-19-7-8-20(27-13-19)17-3-5-18(6-4-17)21(29)30/h3-8,13,16H,9-12,14-15H2,1-2H3,(H,29,30). The molecule has 3 rings (SSSR count). The van der Waals surface area contributed by atoms with Gasteiger partial charge in [-0.15, -0.1) is 0 Å². The molecule has 0 bridgehead atoms. The van der Waals surface area contributed by atoms with Gasteiger partial charge in [0.1, 0.15) is 5.75 Å². The van der Waals surface area contributed by atoms with E-state index in [4.69, 9.17) is 9.84 Å². The molecule has 2 aromatic rings. The van der Waals surface area contributed by atoms with Crippen LogP contribution in [0, 0.1) is 11.3 Å². The summed E-state index contributed by atoms with van der Waals surface area (Å²) in [6, 6.07) is 10.1. The predicted octanol–water partition coefficient (Wildman–Crippen LogP) is 5.13. The number of hydrogen-bond acceptors (Lipinski definition) is 4. The Hall–Kier alpha value is -2.61. The number of halogens is 3. The van der Waals surface area contributed by atoms with Gasteiger partial charge in [-0.1, -0.05) is 12.1 Å². The van der Waals surface area contributed by atoms with Gasteiger partial charge in [0.05, 0.1) is 29.5 Å². The fourth-order valence-electron chi connectivity index (χ4n) is 3.59. The molecule has 8 heteroatoms. The van der Waals surface area contributed by atoms with Crippen LogP contribution in [-0.4, -0.2) is 53.4 Å². The molecule has 0 aliphatic carbocycles. The lowest BCUT2D eigenvalue weighted by Gasteiger charge is -2.38. The van der Waals surface area contributed by atoms with Crippen LogP contribution in [0.3, 0.4) is 0 Å². The topological polar surface area (TPSA) is 62.7 Å². The van der Waals surface area contributed by atoms with Crippen molar-refractivity contribution in [3.8, 4) is 17.0 Å². The van der Waals surface area contributed by atoms with E-state index in [2.05, 4.69) is 4.98 Å². The summed E-state index contributed by atoms with van der Waals surface area (Å²) in [5, 5.41) is 8.97. The first-order valence-corrected chi connectivity index (χ1v) is 10.3. The van der Waals surface area contributed by atoms with E-state index in [0.29, 0.717) is 37.1 Å². The second kappa shape index (κ2) is 9.26. The van der Waals surface area contributed by atoms with Crippen LogP contribution in [0.5, 0.6) is 5.75 Å². The van der Waals surface area contributed by atoms with Gasteiger partial charge in [0, 0.05) is 12.1 Å². The molecular weight excluding hydrogens is 409 g/mol. The molecule has 2 heterocycles. The summed E-state index contributed by atoms with van der Waals surface area (Å²) in [7, 11) is 0. The van der Waals surface area contributed by atoms with Crippen molar-refractivity contribution in [1.29, 1.82) is 0 Å². The van der Waals surface area contributed by atoms with Gasteiger partial charge in [-0.05, 0) is 70.0 Å². The molecule has 1 fully saturated rings. The van der Waals surface area contributed by atoms with Crippen LogP contribution in [0.2, 0.25) is 0 Å². The number of rotatable bonds is 7. The van der Waals surface area contributed by atoms with E-state index >= 15 is 0 Å². The predicted molar refractivity (Wildman–Crippen MR) is 111 cm³/mol. The maximum atomic E-state index is 13.1. The Morgan fingerprint density at radius 2 is 1.77 bits per heavy atom. The Morgan fingerprint density at radius 1 is 1.13 bits per heavy atom. The third kappa shape index (κ3) is 5.97. The van der Waals surface area contributed by atoms with Crippen LogP contribution >= 0.6 is 0 Å². The highest BCUT2D eigenvalue weighted by Crippen LogP contribution is 2.38. The van der Waals surface area contributed by atoms with Crippen LogP contribution in [0.25, 0.3) is 11.3 Å². The second-order valence-electron chi connectivity index (χ2n) is 8.67. The van der Waals surface area contributed by atoms with Crippen LogP contribution < -0.4 is 4.74 Å². The SMILES string of the molecule is CC(C)(CN1CCC(COc2ccc(-c3ccc(C(=O)O)cc3)nc2)CC1)C(F)(F)F. The number of nitrogens with zero attached hydrogens (tertiary/aromatic N) is 2. The Morgan fingerprint density at radius 3 is 2.29 bits per heavy atom. The molecule has 0 atom stereocenters. The highest BCUT2D eigenvalue weighted by atomic mass is 19.4. The molecule has 1 aliphatic rings. The maximum Gasteiger partial charge on any atom is 0.395 e. The number of likely N-dealkylation sites (tertiary alicyclic amines) is 1. The number of benzene rings is 1. The normalized spacial score (nSPS) is 16.3. The van der Waals surface area contributed by atoms with Crippen molar-refractivity contribution in [2.24, 2.45) is 11.3 Å². The number of piperidine rings is 1. The summed E-state index contributed by atoms with van der Waals surface area (Å²) in [4.78, 5) is 17.2. The molecule has 31 heavy (non-hydrogen) atoms. The van der Waals surface area contributed by atoms with Crippen molar-refractivity contribution in [2.45, 2.75) is 32.9 Å². The summed E-state index contributed by atoms with van der Waals surface area (Å²) in [5.41, 5.74) is 0.0323. The van der Waals surface area contributed by atoms with Crippen molar-refractivity contribution in [2.75, 3.05) is 26.2 Å². The van der Waals surface area contributed by atoms with Gasteiger partial charge < -0.3 is 14.7 Å². The molecular formula is C23H27F3N2O3. The van der Waals surface area contributed by atoms with Gasteiger partial charge in [-0.25, -0.2) is 4.79 Å². The van der Waals surface area contributed by atoms with Crippen molar-refractivity contribution in [3.63, 3.8) is 0 Å².